The van der Waals surface area contributed by atoms with Gasteiger partial charge in [-0.25, -0.2) is 5.84 Å². The van der Waals surface area contributed by atoms with Crippen LogP contribution in [0.15, 0.2) is 189 Å². The van der Waals surface area contributed by atoms with Crippen LogP contribution in [0.1, 0.15) is 5.56 Å². The summed E-state index contributed by atoms with van der Waals surface area (Å²) in [6.07, 6.45) is 8.84. The third-order valence-corrected chi connectivity index (χ3v) is 8.67. The van der Waals surface area contributed by atoms with Crippen LogP contribution in [0.4, 0.5) is 34.1 Å². The lowest BCUT2D eigenvalue weighted by Gasteiger charge is -2.34. The highest BCUT2D eigenvalue weighted by molar-refractivity contribution is 6.09. The number of aromatic nitrogens is 1. The van der Waals surface area contributed by atoms with Crippen molar-refractivity contribution in [3.63, 3.8) is 0 Å². The van der Waals surface area contributed by atoms with Crippen molar-refractivity contribution in [1.29, 1.82) is 0 Å². The number of hydrazine groups is 1. The second-order valence-electron chi connectivity index (χ2n) is 11.8. The maximum atomic E-state index is 6.56. The van der Waals surface area contributed by atoms with E-state index in [0.29, 0.717) is 5.70 Å². The minimum absolute atomic E-state index is 0.576. The predicted molar refractivity (Wildman–Crippen MR) is 214 cm³/mol. The third kappa shape index (κ3) is 6.15. The van der Waals surface area contributed by atoms with E-state index in [-0.39, 0.29) is 0 Å². The fourth-order valence-electron chi connectivity index (χ4n) is 6.34. The lowest BCUT2D eigenvalue weighted by molar-refractivity contribution is 1.07. The summed E-state index contributed by atoms with van der Waals surface area (Å²) in [5.41, 5.74) is 17.7. The molecule has 6 heteroatoms. The van der Waals surface area contributed by atoms with Gasteiger partial charge in [0.05, 0.1) is 45.2 Å². The molecule has 0 unspecified atom stereocenters. The van der Waals surface area contributed by atoms with Crippen LogP contribution in [0.2, 0.25) is 0 Å². The van der Waals surface area contributed by atoms with Crippen LogP contribution in [0, 0.1) is 0 Å². The first kappa shape index (κ1) is 31.8. The highest BCUT2D eigenvalue weighted by Crippen LogP contribution is 2.47. The van der Waals surface area contributed by atoms with E-state index in [1.165, 1.54) is 21.8 Å². The van der Waals surface area contributed by atoms with Gasteiger partial charge in [0.1, 0.15) is 0 Å². The van der Waals surface area contributed by atoms with Gasteiger partial charge < -0.3 is 20.5 Å². The van der Waals surface area contributed by atoms with Gasteiger partial charge in [-0.15, -0.1) is 0 Å². The number of nitrogens with zero attached hydrogens (tertiary/aromatic N) is 3. The maximum absolute atomic E-state index is 6.56. The summed E-state index contributed by atoms with van der Waals surface area (Å²) in [4.78, 5) is 2.26. The van der Waals surface area contributed by atoms with E-state index < -0.39 is 0 Å². The lowest BCUT2D eigenvalue weighted by atomic mass is 10.1. The Labute approximate surface area is 292 Å². The molecular weight excluding hydrogens is 613 g/mol. The van der Waals surface area contributed by atoms with Crippen LogP contribution in [0.5, 0.6) is 0 Å². The molecule has 1 aromatic heterocycles. The summed E-state index contributed by atoms with van der Waals surface area (Å²) in [5.74, 6) is 6.49. The van der Waals surface area contributed by atoms with Gasteiger partial charge in [0.25, 0.3) is 0 Å². The molecule has 0 bridgehead atoms. The van der Waals surface area contributed by atoms with Crippen LogP contribution >= 0.6 is 0 Å². The van der Waals surface area contributed by atoms with Crippen LogP contribution in [0.25, 0.3) is 33.2 Å². The second-order valence-corrected chi connectivity index (χ2v) is 11.8. The summed E-state index contributed by atoms with van der Waals surface area (Å²) in [6.45, 7) is 6.93. The van der Waals surface area contributed by atoms with Crippen molar-refractivity contribution in [2.45, 2.75) is 0 Å². The van der Waals surface area contributed by atoms with Crippen LogP contribution in [-0.4, -0.2) is 4.57 Å². The molecule has 50 heavy (non-hydrogen) atoms. The predicted octanol–water partition coefficient (Wildman–Crippen LogP) is 10.9. The van der Waals surface area contributed by atoms with Crippen molar-refractivity contribution in [1.82, 2.24) is 4.57 Å². The van der Waals surface area contributed by atoms with Gasteiger partial charge in [0, 0.05) is 28.3 Å². The first-order valence-corrected chi connectivity index (χ1v) is 16.4. The number of hydrogen-bond acceptors (Lipinski definition) is 5. The van der Waals surface area contributed by atoms with E-state index in [2.05, 4.69) is 137 Å². The van der Waals surface area contributed by atoms with E-state index in [1.807, 2.05) is 48.6 Å². The molecule has 2 heterocycles. The topological polar surface area (TPSA) is 75.5 Å². The average molecular weight is 651 g/mol. The fraction of sp³-hybridized carbons (Fsp3) is 0. The van der Waals surface area contributed by atoms with E-state index in [1.54, 1.807) is 23.4 Å². The number of nitrogens with two attached hydrogens (primary N) is 2. The molecule has 0 spiro atoms. The number of anilines is 6. The molecule has 6 aromatic carbocycles. The van der Waals surface area contributed by atoms with Gasteiger partial charge >= 0.3 is 0 Å². The first-order valence-electron chi connectivity index (χ1n) is 16.4. The van der Waals surface area contributed by atoms with E-state index in [0.717, 1.165) is 45.4 Å². The smallest absolute Gasteiger partial charge is 0.0697 e. The molecule has 0 saturated carbocycles. The molecule has 1 aliphatic rings. The Kier molecular flexibility index (Phi) is 9.01. The number of fused-ring (bicyclic) bond motifs is 5. The summed E-state index contributed by atoms with van der Waals surface area (Å²) in [7, 11) is 0. The molecule has 0 fully saturated rings. The Bertz CT molecular complexity index is 2250. The maximum Gasteiger partial charge on any atom is 0.0697 e. The quantitative estimate of drug-likeness (QED) is 0.0909. The molecule has 0 amide bonds. The molecular formula is C44H38N6. The van der Waals surface area contributed by atoms with Gasteiger partial charge in [-0.2, -0.15) is 0 Å². The van der Waals surface area contributed by atoms with Crippen LogP contribution in [0.3, 0.4) is 0 Å². The van der Waals surface area contributed by atoms with Crippen molar-refractivity contribution in [3.05, 3.63) is 195 Å². The molecule has 8 rings (SSSR count). The van der Waals surface area contributed by atoms with E-state index >= 15 is 0 Å². The third-order valence-electron chi connectivity index (χ3n) is 8.67. The largest absolute Gasteiger partial charge is 0.397 e. The molecule has 0 radical (unpaired) electrons. The fourth-order valence-corrected chi connectivity index (χ4v) is 6.34. The molecule has 5 N–H and O–H groups in total. The van der Waals surface area contributed by atoms with Gasteiger partial charge in [-0.05, 0) is 78.4 Å². The molecule has 0 aliphatic carbocycles. The summed E-state index contributed by atoms with van der Waals surface area (Å²) >= 11 is 0. The van der Waals surface area contributed by atoms with Gasteiger partial charge in [0.2, 0.25) is 0 Å². The summed E-state index contributed by atoms with van der Waals surface area (Å²) in [6, 6.07) is 50.1. The zero-order chi connectivity index (χ0) is 34.5. The molecule has 244 valence electrons. The van der Waals surface area contributed by atoms with Crippen molar-refractivity contribution >= 4 is 61.6 Å². The number of rotatable bonds is 7. The number of hydrogen-bond donors (Lipinski definition) is 3. The zero-order valence-electron chi connectivity index (χ0n) is 27.7. The number of benzene rings is 6. The lowest BCUT2D eigenvalue weighted by Crippen LogP contribution is -2.25. The SMILES string of the molecule is C=C/C=C\C=C.N/C(=C\N(N)c1ccc(-n2c3ccccc3c3ccccc32)cc1)c1ccc(N2c3ccccc3Nc3ccccc32)cc1. The Morgan fingerprint density at radius 2 is 1.06 bits per heavy atom. The van der Waals surface area contributed by atoms with E-state index in [4.69, 9.17) is 11.6 Å². The minimum Gasteiger partial charge on any atom is -0.397 e. The number of allylic oxidation sites excluding steroid dienone is 4. The van der Waals surface area contributed by atoms with Crippen molar-refractivity contribution in [2.75, 3.05) is 15.2 Å². The van der Waals surface area contributed by atoms with Crippen molar-refractivity contribution < 1.29 is 0 Å². The Morgan fingerprint density at radius 1 is 0.580 bits per heavy atom. The van der Waals surface area contributed by atoms with Gasteiger partial charge in [0.15, 0.2) is 0 Å². The van der Waals surface area contributed by atoms with Gasteiger partial charge in [-0.1, -0.05) is 110 Å². The molecule has 7 aromatic rings. The Hall–Kier alpha value is -6.76. The van der Waals surface area contributed by atoms with Gasteiger partial charge in [-0.3, -0.25) is 5.01 Å². The Morgan fingerprint density at radius 3 is 1.60 bits per heavy atom. The van der Waals surface area contributed by atoms with Crippen molar-refractivity contribution in [3.8, 4) is 5.69 Å². The normalized spacial score (nSPS) is 12.1. The highest BCUT2D eigenvalue weighted by Gasteiger charge is 2.23. The number of para-hydroxylation sites is 6. The van der Waals surface area contributed by atoms with Crippen molar-refractivity contribution in [2.24, 2.45) is 11.6 Å². The van der Waals surface area contributed by atoms with Crippen LogP contribution in [-0.2, 0) is 0 Å². The zero-order valence-corrected chi connectivity index (χ0v) is 27.7. The van der Waals surface area contributed by atoms with E-state index in [9.17, 15) is 0 Å². The summed E-state index contributed by atoms with van der Waals surface area (Å²) < 4.78 is 2.29. The average Bonchev–Trinajstić information content (AvgIpc) is 3.51. The number of nitrogens with one attached hydrogen (secondary N) is 1. The summed E-state index contributed by atoms with van der Waals surface area (Å²) in [5, 5.41) is 7.59. The first-order chi connectivity index (χ1) is 24.6. The Balaban J connectivity index is 0.000000603. The second kappa shape index (κ2) is 14.2. The monoisotopic (exact) mass is 650 g/mol. The highest BCUT2D eigenvalue weighted by atomic mass is 15.4. The molecule has 0 saturated heterocycles. The standard InChI is InChI=1S/C38H30N6.C6H8/c39-32(26-17-19-28(20-18-26)44-37-15-7-3-11-33(37)41-34-12-4-8-16-38(34)44)25-42(40)27-21-23-29(24-22-27)43-35-13-5-1-9-30(35)31-10-2-6-14-36(31)43;1-3-5-6-4-2/h1-25,41H,39-40H2;3-6H,1-2H2/b32-25-;6-5-. The molecule has 0 atom stereocenters. The molecule has 1 aliphatic heterocycles. The minimum atomic E-state index is 0.576. The molecule has 6 nitrogen and oxygen atoms in total. The van der Waals surface area contributed by atoms with Crippen LogP contribution < -0.4 is 26.8 Å².